The standard InChI is InChI=1S/C21H26N4O4S2/c1-14-7-8-16(29-14)12-22-31(27,28)17-11-18(24(3)13-17)20-23-15(2)19(30-20)21(26)25-9-5-4-6-10-25/h7-8,11,13,22H,4-6,9-10,12H2,1-3H3. The number of rotatable bonds is 6. The lowest BCUT2D eigenvalue weighted by Crippen LogP contribution is -2.35. The number of amides is 1. The number of nitrogens with one attached hydrogen (secondary N) is 1. The van der Waals surface area contributed by atoms with Crippen LogP contribution in [0.3, 0.4) is 0 Å². The molecule has 0 saturated carbocycles. The van der Waals surface area contributed by atoms with Crippen molar-refractivity contribution in [1.82, 2.24) is 19.2 Å². The van der Waals surface area contributed by atoms with Gasteiger partial charge in [-0.3, -0.25) is 4.79 Å². The molecule has 8 nitrogen and oxygen atoms in total. The van der Waals surface area contributed by atoms with Gasteiger partial charge in [-0.25, -0.2) is 18.1 Å². The van der Waals surface area contributed by atoms with Crippen LogP contribution in [-0.2, 0) is 23.6 Å². The van der Waals surface area contributed by atoms with Crippen LogP contribution in [0.2, 0.25) is 0 Å². The maximum atomic E-state index is 12.9. The molecule has 0 bridgehead atoms. The number of piperidine rings is 1. The number of furan rings is 1. The van der Waals surface area contributed by atoms with Crippen molar-refractivity contribution in [2.45, 2.75) is 44.6 Å². The summed E-state index contributed by atoms with van der Waals surface area (Å²) in [6.45, 7) is 5.26. The van der Waals surface area contributed by atoms with E-state index in [1.54, 1.807) is 36.0 Å². The molecular weight excluding hydrogens is 436 g/mol. The summed E-state index contributed by atoms with van der Waals surface area (Å²) in [5.74, 6) is 1.29. The second kappa shape index (κ2) is 8.60. The SMILES string of the molecule is Cc1ccc(CNS(=O)(=O)c2cc(-c3nc(C)c(C(=O)N4CCCCC4)s3)n(C)c2)o1. The molecular formula is C21H26N4O4S2. The molecule has 10 heteroatoms. The monoisotopic (exact) mass is 462 g/mol. The highest BCUT2D eigenvalue weighted by molar-refractivity contribution is 7.89. The van der Waals surface area contributed by atoms with E-state index in [9.17, 15) is 13.2 Å². The predicted molar refractivity (Wildman–Crippen MR) is 118 cm³/mol. The highest BCUT2D eigenvalue weighted by Gasteiger charge is 2.25. The first-order valence-corrected chi connectivity index (χ1v) is 12.5. The largest absolute Gasteiger partial charge is 0.465 e. The van der Waals surface area contributed by atoms with Crippen molar-refractivity contribution in [1.29, 1.82) is 0 Å². The van der Waals surface area contributed by atoms with Crippen LogP contribution in [0.5, 0.6) is 0 Å². The lowest BCUT2D eigenvalue weighted by Gasteiger charge is -2.26. The van der Waals surface area contributed by atoms with Crippen LogP contribution in [0, 0.1) is 13.8 Å². The summed E-state index contributed by atoms with van der Waals surface area (Å²) in [5.41, 5.74) is 1.33. The predicted octanol–water partition coefficient (Wildman–Crippen LogP) is 3.46. The van der Waals surface area contributed by atoms with E-state index in [-0.39, 0.29) is 17.3 Å². The Hall–Kier alpha value is -2.43. The molecule has 1 saturated heterocycles. The van der Waals surface area contributed by atoms with E-state index >= 15 is 0 Å². The van der Waals surface area contributed by atoms with Crippen molar-refractivity contribution >= 4 is 27.3 Å². The summed E-state index contributed by atoms with van der Waals surface area (Å²) in [5, 5.41) is 0.628. The summed E-state index contributed by atoms with van der Waals surface area (Å²) >= 11 is 1.31. The number of nitrogens with zero attached hydrogens (tertiary/aromatic N) is 3. The zero-order valence-electron chi connectivity index (χ0n) is 17.8. The van der Waals surface area contributed by atoms with Crippen LogP contribution in [0.1, 0.15) is 46.1 Å². The van der Waals surface area contributed by atoms with E-state index in [0.717, 1.165) is 38.1 Å². The van der Waals surface area contributed by atoms with E-state index in [2.05, 4.69) is 9.71 Å². The number of carbonyl (C=O) groups is 1. The fourth-order valence-electron chi connectivity index (χ4n) is 3.67. The minimum absolute atomic E-state index is 0.0124. The average Bonchev–Trinajstić information content (AvgIpc) is 3.45. The van der Waals surface area contributed by atoms with E-state index in [1.807, 2.05) is 18.7 Å². The fourth-order valence-corrected chi connectivity index (χ4v) is 5.82. The Balaban J connectivity index is 1.55. The van der Waals surface area contributed by atoms with Crippen LogP contribution in [0.25, 0.3) is 10.7 Å². The third-order valence-corrected chi connectivity index (χ3v) is 7.91. The van der Waals surface area contributed by atoms with Crippen molar-refractivity contribution in [2.75, 3.05) is 13.1 Å². The average molecular weight is 463 g/mol. The van der Waals surface area contributed by atoms with Crippen LogP contribution in [0.15, 0.2) is 33.7 Å². The third-order valence-electron chi connectivity index (χ3n) is 5.38. The summed E-state index contributed by atoms with van der Waals surface area (Å²) in [7, 11) is -1.95. The van der Waals surface area contributed by atoms with Crippen LogP contribution < -0.4 is 4.72 Å². The second-order valence-corrected chi connectivity index (χ2v) is 10.6. The second-order valence-electron chi connectivity index (χ2n) is 7.80. The van der Waals surface area contributed by atoms with Gasteiger partial charge < -0.3 is 13.9 Å². The van der Waals surface area contributed by atoms with Gasteiger partial charge in [-0.15, -0.1) is 11.3 Å². The van der Waals surface area contributed by atoms with Gasteiger partial charge >= 0.3 is 0 Å². The maximum absolute atomic E-state index is 12.9. The molecule has 0 aromatic carbocycles. The summed E-state index contributed by atoms with van der Waals surface area (Å²) in [6, 6.07) is 5.12. The van der Waals surface area contributed by atoms with Gasteiger partial charge in [0.15, 0.2) is 0 Å². The molecule has 1 fully saturated rings. The number of hydrogen-bond donors (Lipinski definition) is 1. The van der Waals surface area contributed by atoms with Gasteiger partial charge in [0, 0.05) is 26.3 Å². The minimum atomic E-state index is -3.72. The lowest BCUT2D eigenvalue weighted by molar-refractivity contribution is 0.0728. The zero-order chi connectivity index (χ0) is 22.2. The molecule has 0 aliphatic carbocycles. The molecule has 3 aromatic heterocycles. The highest BCUT2D eigenvalue weighted by atomic mass is 32.2. The number of sulfonamides is 1. The number of thiazole rings is 1. The van der Waals surface area contributed by atoms with Crippen molar-refractivity contribution in [3.05, 3.63) is 46.5 Å². The van der Waals surface area contributed by atoms with Gasteiger partial charge in [0.25, 0.3) is 5.91 Å². The van der Waals surface area contributed by atoms with Gasteiger partial charge in [0.05, 0.1) is 17.9 Å². The lowest BCUT2D eigenvalue weighted by atomic mass is 10.1. The molecule has 0 radical (unpaired) electrons. The molecule has 0 atom stereocenters. The van der Waals surface area contributed by atoms with Crippen molar-refractivity contribution in [3.63, 3.8) is 0 Å². The van der Waals surface area contributed by atoms with Crippen molar-refractivity contribution in [2.24, 2.45) is 7.05 Å². The molecule has 0 unspecified atom stereocenters. The third kappa shape index (κ3) is 4.60. The molecule has 166 valence electrons. The fraction of sp³-hybridized carbons (Fsp3) is 0.429. The first-order chi connectivity index (χ1) is 14.7. The zero-order valence-corrected chi connectivity index (χ0v) is 19.5. The summed E-state index contributed by atoms with van der Waals surface area (Å²) in [4.78, 5) is 20.1. The van der Waals surface area contributed by atoms with Crippen LogP contribution in [0.4, 0.5) is 0 Å². The molecule has 0 spiro atoms. The summed E-state index contributed by atoms with van der Waals surface area (Å²) < 4.78 is 35.2. The molecule has 31 heavy (non-hydrogen) atoms. The molecule has 4 heterocycles. The number of likely N-dealkylation sites (tertiary alicyclic amines) is 1. The van der Waals surface area contributed by atoms with Gasteiger partial charge in [-0.05, 0) is 51.3 Å². The first-order valence-electron chi connectivity index (χ1n) is 10.2. The van der Waals surface area contributed by atoms with Gasteiger partial charge in [-0.2, -0.15) is 0 Å². The van der Waals surface area contributed by atoms with Gasteiger partial charge in [0.1, 0.15) is 26.3 Å². The Labute approximate surface area is 185 Å². The smallest absolute Gasteiger partial charge is 0.265 e. The molecule has 1 amide bonds. The Morgan fingerprint density at radius 2 is 1.97 bits per heavy atom. The van der Waals surface area contributed by atoms with Gasteiger partial charge in [-0.1, -0.05) is 0 Å². The molecule has 1 N–H and O–H groups in total. The number of carbonyl (C=O) groups excluding carboxylic acids is 1. The van der Waals surface area contributed by atoms with E-state index in [4.69, 9.17) is 4.42 Å². The Morgan fingerprint density at radius 1 is 1.23 bits per heavy atom. The molecule has 4 rings (SSSR count). The molecule has 1 aliphatic heterocycles. The highest BCUT2D eigenvalue weighted by Crippen LogP contribution is 2.31. The van der Waals surface area contributed by atoms with Crippen molar-refractivity contribution in [3.8, 4) is 10.7 Å². The van der Waals surface area contributed by atoms with Gasteiger partial charge in [0.2, 0.25) is 10.0 Å². The van der Waals surface area contributed by atoms with Crippen LogP contribution >= 0.6 is 11.3 Å². The minimum Gasteiger partial charge on any atom is -0.465 e. The quantitative estimate of drug-likeness (QED) is 0.605. The summed E-state index contributed by atoms with van der Waals surface area (Å²) in [6.07, 6.45) is 4.76. The number of aryl methyl sites for hydroxylation is 3. The molecule has 1 aliphatic rings. The Morgan fingerprint density at radius 3 is 2.65 bits per heavy atom. The van der Waals surface area contributed by atoms with E-state index in [0.29, 0.717) is 27.0 Å². The number of aromatic nitrogens is 2. The Bertz CT molecular complexity index is 1200. The van der Waals surface area contributed by atoms with E-state index in [1.165, 1.54) is 11.3 Å². The normalized spacial score (nSPS) is 14.9. The molecule has 3 aromatic rings. The maximum Gasteiger partial charge on any atom is 0.265 e. The number of hydrogen-bond acceptors (Lipinski definition) is 6. The van der Waals surface area contributed by atoms with E-state index < -0.39 is 10.0 Å². The Kier molecular flexibility index (Phi) is 6.05. The van der Waals surface area contributed by atoms with Crippen LogP contribution in [-0.4, -0.2) is 41.9 Å². The van der Waals surface area contributed by atoms with Crippen molar-refractivity contribution < 1.29 is 17.6 Å². The first kappa shape index (κ1) is 21.8. The topological polar surface area (TPSA) is 97.4 Å².